The van der Waals surface area contributed by atoms with E-state index in [0.29, 0.717) is 5.75 Å². The minimum absolute atomic E-state index is 0.0422. The van der Waals surface area contributed by atoms with Crippen LogP contribution in [0.5, 0.6) is 0 Å². The van der Waals surface area contributed by atoms with Gasteiger partial charge in [0.2, 0.25) is 0 Å². The maximum atomic E-state index is 12.3. The van der Waals surface area contributed by atoms with Gasteiger partial charge >= 0.3 is 0 Å². The first-order valence-corrected chi connectivity index (χ1v) is 7.56. The summed E-state index contributed by atoms with van der Waals surface area (Å²) in [6.45, 7) is 4.13. The van der Waals surface area contributed by atoms with Crippen LogP contribution in [0, 0.1) is 13.8 Å². The molecule has 0 radical (unpaired) electrons. The Bertz CT molecular complexity index is 588. The molecular formula is C16H18O2S. The van der Waals surface area contributed by atoms with Crippen LogP contribution in [-0.2, 0) is 23.2 Å². The highest BCUT2D eigenvalue weighted by molar-refractivity contribution is 7.84. The number of hydrogen-bond acceptors (Lipinski definition) is 2. The summed E-state index contributed by atoms with van der Waals surface area (Å²) in [4.78, 5) is 0.870. The summed E-state index contributed by atoms with van der Waals surface area (Å²) < 4.78 is 12.3. The Balaban J connectivity index is 2.13. The number of aliphatic hydroxyl groups excluding tert-OH is 1. The zero-order chi connectivity index (χ0) is 13.8. The fourth-order valence-corrected chi connectivity index (χ4v) is 3.02. The SMILES string of the molecule is Cc1ccc(S(=O)Cc2ccc(CO)cc2)cc1C. The van der Waals surface area contributed by atoms with Crippen LogP contribution in [0.1, 0.15) is 22.3 Å². The Labute approximate surface area is 116 Å². The molecule has 0 spiro atoms. The van der Waals surface area contributed by atoms with Crippen LogP contribution in [0.2, 0.25) is 0 Å². The van der Waals surface area contributed by atoms with Crippen LogP contribution in [0.15, 0.2) is 47.4 Å². The van der Waals surface area contributed by atoms with Gasteiger partial charge in [-0.25, -0.2) is 0 Å². The molecule has 0 aromatic heterocycles. The summed E-state index contributed by atoms with van der Waals surface area (Å²) in [6.07, 6.45) is 0. The molecule has 2 aromatic rings. The monoisotopic (exact) mass is 274 g/mol. The highest BCUT2D eigenvalue weighted by Gasteiger charge is 2.06. The van der Waals surface area contributed by atoms with Crippen LogP contribution >= 0.6 is 0 Å². The van der Waals surface area contributed by atoms with E-state index in [-0.39, 0.29) is 6.61 Å². The molecule has 0 aliphatic carbocycles. The number of rotatable bonds is 4. The fourth-order valence-electron chi connectivity index (χ4n) is 1.83. The molecule has 2 aromatic carbocycles. The third kappa shape index (κ3) is 3.52. The Morgan fingerprint density at radius 1 is 0.947 bits per heavy atom. The van der Waals surface area contributed by atoms with E-state index in [4.69, 9.17) is 5.11 Å². The summed E-state index contributed by atoms with van der Waals surface area (Å²) in [5.74, 6) is 0.508. The molecule has 2 nitrogen and oxygen atoms in total. The van der Waals surface area contributed by atoms with Gasteiger partial charge < -0.3 is 5.11 Å². The lowest BCUT2D eigenvalue weighted by Gasteiger charge is -2.06. The Morgan fingerprint density at radius 3 is 2.16 bits per heavy atom. The summed E-state index contributed by atoms with van der Waals surface area (Å²) >= 11 is 0. The zero-order valence-corrected chi connectivity index (χ0v) is 12.0. The Morgan fingerprint density at radius 2 is 1.58 bits per heavy atom. The van der Waals surface area contributed by atoms with Crippen LogP contribution in [0.3, 0.4) is 0 Å². The van der Waals surface area contributed by atoms with Crippen molar-refractivity contribution in [3.05, 3.63) is 64.7 Å². The van der Waals surface area contributed by atoms with Gasteiger partial charge in [0.25, 0.3) is 0 Å². The van der Waals surface area contributed by atoms with E-state index in [1.807, 2.05) is 49.4 Å². The molecule has 0 fully saturated rings. The van der Waals surface area contributed by atoms with Gasteiger partial charge in [-0.3, -0.25) is 4.21 Å². The molecule has 0 bridgehead atoms. The van der Waals surface area contributed by atoms with Gasteiger partial charge in [-0.1, -0.05) is 30.3 Å². The first-order valence-electron chi connectivity index (χ1n) is 6.24. The van der Waals surface area contributed by atoms with Crippen molar-refractivity contribution in [3.8, 4) is 0 Å². The summed E-state index contributed by atoms with van der Waals surface area (Å²) in [6, 6.07) is 13.5. The Hall–Kier alpha value is -1.45. The van der Waals surface area contributed by atoms with Gasteiger partial charge in [0.1, 0.15) is 0 Å². The maximum absolute atomic E-state index is 12.3. The van der Waals surface area contributed by atoms with Crippen molar-refractivity contribution in [1.82, 2.24) is 0 Å². The summed E-state index contributed by atoms with van der Waals surface area (Å²) in [5, 5.41) is 8.98. The van der Waals surface area contributed by atoms with E-state index in [1.54, 1.807) is 0 Å². The smallest absolute Gasteiger partial charge is 0.0681 e. The first kappa shape index (κ1) is 14.0. The van der Waals surface area contributed by atoms with E-state index >= 15 is 0 Å². The molecule has 2 rings (SSSR count). The predicted octanol–water partition coefficient (Wildman–Crippen LogP) is 3.10. The minimum Gasteiger partial charge on any atom is -0.392 e. The predicted molar refractivity (Wildman–Crippen MR) is 78.4 cm³/mol. The molecule has 1 N–H and O–H groups in total. The standard InChI is InChI=1S/C16H18O2S/c1-12-3-8-16(9-13(12)2)19(18)11-15-6-4-14(10-17)5-7-15/h3-9,17H,10-11H2,1-2H3. The van der Waals surface area contributed by atoms with Gasteiger partial charge in [0.05, 0.1) is 23.2 Å². The minimum atomic E-state index is -1.02. The fraction of sp³-hybridized carbons (Fsp3) is 0.250. The summed E-state index contributed by atoms with van der Waals surface area (Å²) in [5.41, 5.74) is 4.28. The van der Waals surface area contributed by atoms with Crippen molar-refractivity contribution in [1.29, 1.82) is 0 Å². The molecule has 100 valence electrons. The largest absolute Gasteiger partial charge is 0.392 e. The van der Waals surface area contributed by atoms with Crippen molar-refractivity contribution >= 4 is 10.8 Å². The molecule has 0 heterocycles. The van der Waals surface area contributed by atoms with Crippen LogP contribution < -0.4 is 0 Å². The second kappa shape index (κ2) is 6.13. The van der Waals surface area contributed by atoms with E-state index in [0.717, 1.165) is 16.0 Å². The normalized spacial score (nSPS) is 12.4. The van der Waals surface area contributed by atoms with Gasteiger partial charge in [0.15, 0.2) is 0 Å². The molecule has 0 saturated carbocycles. The van der Waals surface area contributed by atoms with Gasteiger partial charge in [-0.05, 0) is 48.2 Å². The number of aliphatic hydroxyl groups is 1. The molecule has 0 aliphatic heterocycles. The van der Waals surface area contributed by atoms with Crippen molar-refractivity contribution in [2.75, 3.05) is 0 Å². The number of aryl methyl sites for hydroxylation is 2. The first-order chi connectivity index (χ1) is 9.10. The Kier molecular flexibility index (Phi) is 4.51. The summed E-state index contributed by atoms with van der Waals surface area (Å²) in [7, 11) is -1.02. The zero-order valence-electron chi connectivity index (χ0n) is 11.2. The van der Waals surface area contributed by atoms with Crippen LogP contribution in [-0.4, -0.2) is 9.32 Å². The van der Waals surface area contributed by atoms with Crippen molar-refractivity contribution in [2.24, 2.45) is 0 Å². The van der Waals surface area contributed by atoms with Crippen molar-refractivity contribution < 1.29 is 9.32 Å². The topological polar surface area (TPSA) is 37.3 Å². The molecule has 3 heteroatoms. The molecule has 1 atom stereocenters. The maximum Gasteiger partial charge on any atom is 0.0681 e. The second-order valence-electron chi connectivity index (χ2n) is 4.71. The van der Waals surface area contributed by atoms with Gasteiger partial charge in [0, 0.05) is 4.90 Å². The average Bonchev–Trinajstić information content (AvgIpc) is 2.42. The lowest BCUT2D eigenvalue weighted by atomic mass is 10.1. The molecule has 0 saturated heterocycles. The lowest BCUT2D eigenvalue weighted by molar-refractivity contribution is 0.282. The van der Waals surface area contributed by atoms with E-state index < -0.39 is 10.8 Å². The van der Waals surface area contributed by atoms with Crippen molar-refractivity contribution in [2.45, 2.75) is 31.1 Å². The van der Waals surface area contributed by atoms with E-state index in [1.165, 1.54) is 11.1 Å². The molecule has 0 aliphatic rings. The number of hydrogen-bond donors (Lipinski definition) is 1. The third-order valence-corrected chi connectivity index (χ3v) is 4.62. The van der Waals surface area contributed by atoms with Crippen LogP contribution in [0.25, 0.3) is 0 Å². The highest BCUT2D eigenvalue weighted by Crippen LogP contribution is 2.16. The molecule has 1 unspecified atom stereocenters. The van der Waals surface area contributed by atoms with Gasteiger partial charge in [-0.15, -0.1) is 0 Å². The quantitative estimate of drug-likeness (QED) is 0.930. The van der Waals surface area contributed by atoms with Crippen molar-refractivity contribution in [3.63, 3.8) is 0 Å². The molecule has 0 amide bonds. The number of benzene rings is 2. The highest BCUT2D eigenvalue weighted by atomic mass is 32.2. The lowest BCUT2D eigenvalue weighted by Crippen LogP contribution is -1.98. The molecular weight excluding hydrogens is 256 g/mol. The van der Waals surface area contributed by atoms with Gasteiger partial charge in [-0.2, -0.15) is 0 Å². The average molecular weight is 274 g/mol. The van der Waals surface area contributed by atoms with E-state index in [9.17, 15) is 4.21 Å². The third-order valence-electron chi connectivity index (χ3n) is 3.24. The van der Waals surface area contributed by atoms with Crippen LogP contribution in [0.4, 0.5) is 0 Å². The second-order valence-corrected chi connectivity index (χ2v) is 6.16. The molecule has 19 heavy (non-hydrogen) atoms. The van der Waals surface area contributed by atoms with E-state index in [2.05, 4.69) is 6.92 Å².